The summed E-state index contributed by atoms with van der Waals surface area (Å²) in [5.74, 6) is 0.209. The second-order valence-corrected chi connectivity index (χ2v) is 14.9. The molecular weight excluding hydrogens is 644 g/mol. The number of hydrogen-bond acceptors (Lipinski definition) is 8. The molecule has 0 atom stereocenters. The van der Waals surface area contributed by atoms with Gasteiger partial charge in [0.2, 0.25) is 11.4 Å². The van der Waals surface area contributed by atoms with Crippen molar-refractivity contribution in [3.05, 3.63) is 94.3 Å². The number of rotatable bonds is 12. The van der Waals surface area contributed by atoms with E-state index in [1.807, 2.05) is 64.9 Å². The summed E-state index contributed by atoms with van der Waals surface area (Å²) < 4.78 is 75.3. The number of nitrogens with zero attached hydrogens (tertiary/aromatic N) is 2. The molecule has 1 aliphatic heterocycles. The largest absolute Gasteiger partial charge is 0.748 e. The molecule has 0 fully saturated rings. The number of allylic oxidation sites excluding steroid dienone is 2. The van der Waals surface area contributed by atoms with Crippen LogP contribution >= 0.6 is 22.9 Å². The molecule has 2 heterocycles. The molecule has 0 saturated heterocycles. The van der Waals surface area contributed by atoms with E-state index in [0.29, 0.717) is 35.3 Å². The van der Waals surface area contributed by atoms with Gasteiger partial charge in [0.15, 0.2) is 12.3 Å². The van der Waals surface area contributed by atoms with Crippen molar-refractivity contribution in [2.75, 3.05) is 23.0 Å². The molecule has 0 saturated carbocycles. The first-order valence-corrected chi connectivity index (χ1v) is 18.4. The number of aryl methyl sites for hydroxylation is 1. The highest BCUT2D eigenvalue weighted by Crippen LogP contribution is 2.41. The predicted octanol–water partition coefficient (Wildman–Crippen LogP) is 6.26. The number of ether oxygens (including phenoxy) is 1. The number of hydrogen-bond donors (Lipinski definition) is 1. The Labute approximate surface area is 266 Å². The third-order valence-electron chi connectivity index (χ3n) is 7.12. The Kier molecular flexibility index (Phi) is 9.78. The first-order chi connectivity index (χ1) is 20.9. The smallest absolute Gasteiger partial charge is 0.264 e. The third-order valence-corrected chi connectivity index (χ3v) is 10.1. The van der Waals surface area contributed by atoms with Gasteiger partial charge in [0.25, 0.3) is 15.1 Å². The Morgan fingerprint density at radius 2 is 1.80 bits per heavy atom. The van der Waals surface area contributed by atoms with E-state index < -0.39 is 31.7 Å². The summed E-state index contributed by atoms with van der Waals surface area (Å²) in [6, 6.07) is 21.3. The van der Waals surface area contributed by atoms with Gasteiger partial charge in [-0.3, -0.25) is 4.55 Å². The standard InChI is InChI=1S/C31H31ClN2O7S3/c1-2-22(18-30-33(14-6-16-43(35,36)37)26-21-25(32)11-12-28(26)41-30)19-31-34(15-7-17-44(38,39)40)27-20-24(10-13-29(27)42-31)23-8-4-3-5-9-23/h3-5,8-13,18-21H,2,6-7,14-17H2,1H3,(H-,35,36,37,38,39,40). The van der Waals surface area contributed by atoms with Crippen molar-refractivity contribution < 1.29 is 35.2 Å². The monoisotopic (exact) mass is 674 g/mol. The quantitative estimate of drug-likeness (QED) is 0.138. The fourth-order valence-electron chi connectivity index (χ4n) is 5.03. The van der Waals surface area contributed by atoms with E-state index in [-0.39, 0.29) is 19.4 Å². The molecule has 1 aliphatic rings. The molecule has 0 aliphatic carbocycles. The Hall–Kier alpha value is -3.26. The fourth-order valence-corrected chi connectivity index (χ4v) is 7.32. The second kappa shape index (κ2) is 13.4. The van der Waals surface area contributed by atoms with E-state index in [9.17, 15) is 25.9 Å². The van der Waals surface area contributed by atoms with Crippen molar-refractivity contribution in [1.82, 2.24) is 0 Å². The molecule has 5 rings (SSSR count). The third kappa shape index (κ3) is 8.06. The van der Waals surface area contributed by atoms with Crippen LogP contribution in [0.2, 0.25) is 5.02 Å². The van der Waals surface area contributed by atoms with Gasteiger partial charge in [-0.05, 0) is 53.8 Å². The molecular formula is C31H31ClN2O7S3. The lowest BCUT2D eigenvalue weighted by Crippen LogP contribution is -2.36. The Bertz CT molecular complexity index is 1950. The average molecular weight is 675 g/mol. The summed E-state index contributed by atoms with van der Waals surface area (Å²) in [7, 11) is -8.49. The Morgan fingerprint density at radius 1 is 1.02 bits per heavy atom. The summed E-state index contributed by atoms with van der Waals surface area (Å²) in [6.07, 6.45) is 4.86. The summed E-state index contributed by atoms with van der Waals surface area (Å²) >= 11 is 7.81. The summed E-state index contributed by atoms with van der Waals surface area (Å²) in [6.45, 7) is 2.60. The van der Waals surface area contributed by atoms with Crippen molar-refractivity contribution in [2.45, 2.75) is 32.7 Å². The van der Waals surface area contributed by atoms with Crippen LogP contribution < -0.4 is 14.2 Å². The van der Waals surface area contributed by atoms with Gasteiger partial charge in [-0.2, -0.15) is 13.0 Å². The van der Waals surface area contributed by atoms with Gasteiger partial charge in [0.1, 0.15) is 4.70 Å². The van der Waals surface area contributed by atoms with Gasteiger partial charge >= 0.3 is 0 Å². The van der Waals surface area contributed by atoms with Crippen molar-refractivity contribution >= 4 is 65.2 Å². The number of anilines is 1. The van der Waals surface area contributed by atoms with Crippen LogP contribution in [0.3, 0.4) is 0 Å². The van der Waals surface area contributed by atoms with Gasteiger partial charge in [-0.15, -0.1) is 0 Å². The van der Waals surface area contributed by atoms with Crippen LogP contribution in [0.15, 0.2) is 84.3 Å². The maximum absolute atomic E-state index is 11.4. The second-order valence-electron chi connectivity index (χ2n) is 10.3. The van der Waals surface area contributed by atoms with E-state index in [0.717, 1.165) is 31.9 Å². The number of thiazole rings is 1. The number of fused-ring (bicyclic) bond motifs is 2. The van der Waals surface area contributed by atoms with Crippen LogP contribution in [-0.2, 0) is 26.8 Å². The van der Waals surface area contributed by atoms with Crippen LogP contribution in [-0.4, -0.2) is 44.0 Å². The first-order valence-electron chi connectivity index (χ1n) is 14.0. The summed E-state index contributed by atoms with van der Waals surface area (Å²) in [5, 5.41) is 1.37. The molecule has 4 aromatic rings. The normalized spacial score (nSPS) is 14.8. The van der Waals surface area contributed by atoms with Crippen molar-refractivity contribution in [2.24, 2.45) is 0 Å². The zero-order valence-electron chi connectivity index (χ0n) is 23.8. The predicted molar refractivity (Wildman–Crippen MR) is 173 cm³/mol. The number of halogens is 1. The molecule has 9 nitrogen and oxygen atoms in total. The molecule has 13 heteroatoms. The van der Waals surface area contributed by atoms with E-state index in [4.69, 9.17) is 16.3 Å². The van der Waals surface area contributed by atoms with Crippen LogP contribution in [0.1, 0.15) is 31.2 Å². The van der Waals surface area contributed by atoms with Crippen molar-refractivity contribution in [3.63, 3.8) is 0 Å². The van der Waals surface area contributed by atoms with E-state index in [1.165, 1.54) is 0 Å². The molecule has 0 radical (unpaired) electrons. The van der Waals surface area contributed by atoms with Gasteiger partial charge in [-0.1, -0.05) is 66.3 Å². The average Bonchev–Trinajstić information content (AvgIpc) is 3.48. The molecule has 44 heavy (non-hydrogen) atoms. The Morgan fingerprint density at radius 3 is 2.50 bits per heavy atom. The maximum atomic E-state index is 11.4. The van der Waals surface area contributed by atoms with E-state index >= 15 is 0 Å². The molecule has 1 N–H and O–H groups in total. The molecule has 0 spiro atoms. The number of benzene rings is 3. The van der Waals surface area contributed by atoms with E-state index in [1.54, 1.807) is 29.5 Å². The molecule has 0 bridgehead atoms. The van der Waals surface area contributed by atoms with Gasteiger partial charge in [0.05, 0.1) is 21.6 Å². The highest BCUT2D eigenvalue weighted by molar-refractivity contribution is 7.85. The first kappa shape index (κ1) is 32.1. The highest BCUT2D eigenvalue weighted by atomic mass is 35.5. The number of aromatic nitrogens is 1. The van der Waals surface area contributed by atoms with Crippen LogP contribution in [0.25, 0.3) is 27.4 Å². The summed E-state index contributed by atoms with van der Waals surface area (Å²) in [5.41, 5.74) is 4.60. The molecule has 232 valence electrons. The highest BCUT2D eigenvalue weighted by Gasteiger charge is 2.27. The summed E-state index contributed by atoms with van der Waals surface area (Å²) in [4.78, 5) is 1.83. The van der Waals surface area contributed by atoms with Crippen LogP contribution in [0.5, 0.6) is 5.75 Å². The molecule has 0 unspecified atom stereocenters. The zero-order valence-corrected chi connectivity index (χ0v) is 27.1. The lowest BCUT2D eigenvalue weighted by molar-refractivity contribution is -0.668. The minimum atomic E-state index is -4.36. The lowest BCUT2D eigenvalue weighted by atomic mass is 10.1. The van der Waals surface area contributed by atoms with Gasteiger partial charge in [0, 0.05) is 42.0 Å². The SMILES string of the molecule is CCC(/C=C1\Oc2ccc(Cl)cc2N1CCCS(=O)(=O)O)=C\c1sc2ccc(-c3ccccc3)cc2[n+]1CCCS(=O)(=O)[O-]. The van der Waals surface area contributed by atoms with Crippen LogP contribution in [0.4, 0.5) is 5.69 Å². The van der Waals surface area contributed by atoms with Crippen molar-refractivity contribution in [1.29, 1.82) is 0 Å². The van der Waals surface area contributed by atoms with Gasteiger partial charge < -0.3 is 14.2 Å². The minimum absolute atomic E-state index is 0.166. The zero-order chi connectivity index (χ0) is 31.5. The molecule has 0 amide bonds. The Balaban J connectivity index is 1.54. The van der Waals surface area contributed by atoms with E-state index in [2.05, 4.69) is 12.1 Å². The molecule has 1 aromatic heterocycles. The van der Waals surface area contributed by atoms with Crippen molar-refractivity contribution in [3.8, 4) is 16.9 Å². The lowest BCUT2D eigenvalue weighted by Gasteiger charge is -2.18. The van der Waals surface area contributed by atoms with Gasteiger partial charge in [-0.25, -0.2) is 8.42 Å². The molecule has 3 aromatic carbocycles. The van der Waals surface area contributed by atoms with Crippen LogP contribution in [0, 0.1) is 0 Å². The fraction of sp³-hybridized carbons (Fsp3) is 0.258. The topological polar surface area (TPSA) is 128 Å². The minimum Gasteiger partial charge on any atom is -0.748 e. The maximum Gasteiger partial charge on any atom is 0.264 e.